The van der Waals surface area contributed by atoms with Crippen LogP contribution in [0.4, 0.5) is 0 Å². The van der Waals surface area contributed by atoms with E-state index in [4.69, 9.17) is 9.47 Å². The minimum Gasteiger partial charge on any atom is -0.497 e. The topological polar surface area (TPSA) is 91.4 Å². The van der Waals surface area contributed by atoms with Crippen LogP contribution in [0.5, 0.6) is 11.5 Å². The molecule has 0 atom stereocenters. The van der Waals surface area contributed by atoms with Gasteiger partial charge in [0, 0.05) is 38.8 Å². The first-order valence-corrected chi connectivity index (χ1v) is 13.4. The minimum absolute atomic E-state index is 0.153. The van der Waals surface area contributed by atoms with Gasteiger partial charge in [-0.05, 0) is 109 Å². The molecule has 4 aromatic rings. The summed E-state index contributed by atoms with van der Waals surface area (Å²) in [5.74, 6) is 0.829. The first-order valence-electron chi connectivity index (χ1n) is 11.5. The fourth-order valence-electron chi connectivity index (χ4n) is 4.10. The summed E-state index contributed by atoms with van der Waals surface area (Å²) in [6.07, 6.45) is 1.70. The fraction of sp³-hybridized carbons (Fsp3) is 0.222. The Bertz CT molecular complexity index is 1450. The van der Waals surface area contributed by atoms with E-state index in [9.17, 15) is 9.90 Å². The van der Waals surface area contributed by atoms with Crippen molar-refractivity contribution >= 4 is 46.4 Å². The highest BCUT2D eigenvalue weighted by Crippen LogP contribution is 2.34. The number of hydrogen-bond acceptors (Lipinski definition) is 6. The van der Waals surface area contributed by atoms with Crippen LogP contribution >= 0.6 is 34.4 Å². The molecule has 192 valence electrons. The van der Waals surface area contributed by atoms with Gasteiger partial charge in [-0.15, -0.1) is 10.2 Å². The Hall–Kier alpha value is -3.25. The lowest BCUT2D eigenvalue weighted by molar-refractivity contribution is -0.131. The predicted molar refractivity (Wildman–Crippen MR) is 154 cm³/mol. The molecular weight excluding hydrogens is 603 g/mol. The van der Waals surface area contributed by atoms with Crippen molar-refractivity contribution in [3.05, 3.63) is 74.0 Å². The molecule has 0 fully saturated rings. The molecule has 8 nitrogen and oxygen atoms in total. The molecule has 0 aliphatic heterocycles. The molecule has 0 aliphatic rings. The molecule has 2 aromatic carbocycles. The SMILES string of the molecule is CCn1c(S/C(=C\c2cc(C)n(-c3ccc(I)cc3)c2C)C(=O)O)nnc1-c1cc(OC)cc(OC)c1. The largest absolute Gasteiger partial charge is 0.497 e. The van der Waals surface area contributed by atoms with Gasteiger partial charge in [-0.25, -0.2) is 4.79 Å². The summed E-state index contributed by atoms with van der Waals surface area (Å²) in [5.41, 5.74) is 4.61. The van der Waals surface area contributed by atoms with Crippen molar-refractivity contribution in [1.82, 2.24) is 19.3 Å². The Morgan fingerprint density at radius 1 is 1.05 bits per heavy atom. The van der Waals surface area contributed by atoms with E-state index >= 15 is 0 Å². The van der Waals surface area contributed by atoms with E-state index in [1.54, 1.807) is 26.4 Å². The van der Waals surface area contributed by atoms with Gasteiger partial charge in [0.1, 0.15) is 16.4 Å². The average molecular weight is 631 g/mol. The Labute approximate surface area is 233 Å². The summed E-state index contributed by atoms with van der Waals surface area (Å²) >= 11 is 3.36. The molecule has 0 bridgehead atoms. The van der Waals surface area contributed by atoms with Gasteiger partial charge in [-0.1, -0.05) is 0 Å². The lowest BCUT2D eigenvalue weighted by Gasteiger charge is -2.11. The first-order chi connectivity index (χ1) is 17.7. The Balaban J connectivity index is 1.71. The summed E-state index contributed by atoms with van der Waals surface area (Å²) in [6, 6.07) is 15.7. The van der Waals surface area contributed by atoms with E-state index in [-0.39, 0.29) is 4.91 Å². The van der Waals surface area contributed by atoms with Crippen LogP contribution in [0.3, 0.4) is 0 Å². The molecular formula is C27H27IN4O4S. The van der Waals surface area contributed by atoms with Crippen LogP contribution < -0.4 is 9.47 Å². The molecule has 10 heteroatoms. The summed E-state index contributed by atoms with van der Waals surface area (Å²) < 4.78 is 15.9. The van der Waals surface area contributed by atoms with E-state index in [0.717, 1.165) is 43.5 Å². The molecule has 4 rings (SSSR count). The van der Waals surface area contributed by atoms with Crippen LogP contribution in [0.25, 0.3) is 23.2 Å². The smallest absolute Gasteiger partial charge is 0.342 e. The van der Waals surface area contributed by atoms with E-state index in [1.807, 2.05) is 43.5 Å². The number of rotatable bonds is 9. The lowest BCUT2D eigenvalue weighted by atomic mass is 10.2. The highest BCUT2D eigenvalue weighted by Gasteiger charge is 2.20. The van der Waals surface area contributed by atoms with Crippen LogP contribution in [0.15, 0.2) is 58.6 Å². The highest BCUT2D eigenvalue weighted by molar-refractivity contribution is 14.1. The molecule has 2 heterocycles. The van der Waals surface area contributed by atoms with Gasteiger partial charge in [0.15, 0.2) is 11.0 Å². The molecule has 37 heavy (non-hydrogen) atoms. The number of carboxylic acids is 1. The number of halogens is 1. The number of benzene rings is 2. The van der Waals surface area contributed by atoms with Crippen molar-refractivity contribution in [3.8, 4) is 28.6 Å². The number of aryl methyl sites for hydroxylation is 1. The van der Waals surface area contributed by atoms with Crippen LogP contribution in [0.2, 0.25) is 0 Å². The number of carboxylic acid groups (broad SMARTS) is 1. The van der Waals surface area contributed by atoms with Crippen molar-refractivity contribution in [2.24, 2.45) is 0 Å². The number of thioether (sulfide) groups is 1. The van der Waals surface area contributed by atoms with E-state index in [1.165, 1.54) is 0 Å². The number of carbonyl (C=O) groups is 1. The normalized spacial score (nSPS) is 11.6. The van der Waals surface area contributed by atoms with Crippen LogP contribution in [0.1, 0.15) is 23.9 Å². The molecule has 0 saturated heterocycles. The Kier molecular flexibility index (Phi) is 8.28. The summed E-state index contributed by atoms with van der Waals surface area (Å²) in [7, 11) is 3.17. The van der Waals surface area contributed by atoms with Crippen LogP contribution in [-0.4, -0.2) is 44.6 Å². The molecule has 1 N–H and O–H groups in total. The van der Waals surface area contributed by atoms with Gasteiger partial charge in [0.2, 0.25) is 0 Å². The van der Waals surface area contributed by atoms with E-state index in [2.05, 4.69) is 61.6 Å². The third kappa shape index (κ3) is 5.69. The summed E-state index contributed by atoms with van der Waals surface area (Å²) in [5, 5.41) is 19.2. The van der Waals surface area contributed by atoms with Gasteiger partial charge >= 0.3 is 5.97 Å². The molecule has 0 unspecified atom stereocenters. The molecule has 0 saturated carbocycles. The summed E-state index contributed by atoms with van der Waals surface area (Å²) in [6.45, 7) is 6.52. The highest BCUT2D eigenvalue weighted by atomic mass is 127. The molecule has 0 aliphatic carbocycles. The monoisotopic (exact) mass is 630 g/mol. The molecule has 2 aromatic heterocycles. The zero-order chi connectivity index (χ0) is 26.7. The number of ether oxygens (including phenoxy) is 2. The quantitative estimate of drug-likeness (QED) is 0.134. The zero-order valence-electron chi connectivity index (χ0n) is 21.2. The minimum atomic E-state index is -1.03. The van der Waals surface area contributed by atoms with Crippen LogP contribution in [0, 0.1) is 17.4 Å². The summed E-state index contributed by atoms with van der Waals surface area (Å²) in [4.78, 5) is 12.4. The van der Waals surface area contributed by atoms with Gasteiger partial charge in [0.25, 0.3) is 0 Å². The van der Waals surface area contributed by atoms with Gasteiger partial charge in [0.05, 0.1) is 14.2 Å². The second-order valence-corrected chi connectivity index (χ2v) is 10.5. The van der Waals surface area contributed by atoms with Crippen molar-refractivity contribution < 1.29 is 19.4 Å². The second-order valence-electron chi connectivity index (χ2n) is 8.21. The third-order valence-electron chi connectivity index (χ3n) is 5.90. The van der Waals surface area contributed by atoms with Gasteiger partial charge in [-0.2, -0.15) is 0 Å². The Morgan fingerprint density at radius 2 is 1.70 bits per heavy atom. The lowest BCUT2D eigenvalue weighted by Crippen LogP contribution is -2.03. The van der Waals surface area contributed by atoms with E-state index < -0.39 is 5.97 Å². The van der Waals surface area contributed by atoms with Gasteiger partial charge in [-0.3, -0.25) is 0 Å². The van der Waals surface area contributed by atoms with Crippen molar-refractivity contribution in [2.45, 2.75) is 32.5 Å². The van der Waals surface area contributed by atoms with Crippen LogP contribution in [-0.2, 0) is 11.3 Å². The first kappa shape index (κ1) is 26.8. The van der Waals surface area contributed by atoms with Gasteiger partial charge < -0.3 is 23.7 Å². The predicted octanol–water partition coefficient (Wildman–Crippen LogP) is 6.21. The maximum Gasteiger partial charge on any atom is 0.342 e. The molecule has 0 spiro atoms. The van der Waals surface area contributed by atoms with Crippen molar-refractivity contribution in [1.29, 1.82) is 0 Å². The average Bonchev–Trinajstić information content (AvgIpc) is 3.43. The molecule has 0 amide bonds. The maximum absolute atomic E-state index is 12.3. The zero-order valence-corrected chi connectivity index (χ0v) is 24.1. The standard InChI is InChI=1S/C27H27IN4O4S/c1-6-31-25(19-12-22(35-4)15-23(13-19)36-5)29-30-27(31)37-24(26(33)34)14-18-11-16(2)32(17(18)3)21-9-7-20(28)8-10-21/h7-15H,6H2,1-5H3,(H,33,34)/b24-14-. The number of aliphatic carboxylic acids is 1. The van der Waals surface area contributed by atoms with Crippen molar-refractivity contribution in [3.63, 3.8) is 0 Å². The maximum atomic E-state index is 12.3. The Morgan fingerprint density at radius 3 is 2.27 bits per heavy atom. The van der Waals surface area contributed by atoms with Crippen molar-refractivity contribution in [2.75, 3.05) is 14.2 Å². The fourth-order valence-corrected chi connectivity index (χ4v) is 5.33. The molecule has 0 radical (unpaired) electrons. The number of aromatic nitrogens is 4. The second kappa shape index (κ2) is 11.4. The van der Waals surface area contributed by atoms with E-state index in [0.29, 0.717) is 29.0 Å². The number of hydrogen-bond donors (Lipinski definition) is 1. The number of nitrogens with zero attached hydrogens (tertiary/aromatic N) is 4. The number of methoxy groups -OCH3 is 2. The third-order valence-corrected chi connectivity index (χ3v) is 7.61.